The van der Waals surface area contributed by atoms with Crippen molar-refractivity contribution in [1.29, 1.82) is 0 Å². The van der Waals surface area contributed by atoms with Gasteiger partial charge in [-0.2, -0.15) is 5.10 Å². The van der Waals surface area contributed by atoms with Gasteiger partial charge in [0, 0.05) is 23.3 Å². The molecule has 0 aliphatic carbocycles. The number of carbonyl (C=O) groups is 1. The molecule has 0 atom stereocenters. The summed E-state index contributed by atoms with van der Waals surface area (Å²) in [4.78, 5) is 31.4. The van der Waals surface area contributed by atoms with E-state index in [1.807, 2.05) is 42.1 Å². The largest absolute Gasteiger partial charge is 0.356 e. The molecule has 3 heterocycles. The second-order valence-corrected chi connectivity index (χ2v) is 9.59. The number of unbranched alkanes of at least 4 members (excludes halogenated alkanes) is 2. The van der Waals surface area contributed by atoms with E-state index < -0.39 is 0 Å². The molecule has 1 amide bonds. The summed E-state index contributed by atoms with van der Waals surface area (Å²) in [5.41, 5.74) is 6.40. The predicted octanol–water partition coefficient (Wildman–Crippen LogP) is 4.69. The lowest BCUT2D eigenvalue weighted by Crippen LogP contribution is -2.28. The monoisotopic (exact) mass is 477 g/mol. The van der Waals surface area contributed by atoms with Crippen LogP contribution < -0.4 is 10.9 Å². The molecule has 4 aromatic rings. The molecule has 3 aromatic heterocycles. The Morgan fingerprint density at radius 3 is 2.71 bits per heavy atom. The fraction of sp³-hybridized carbons (Fsp3) is 0.385. The van der Waals surface area contributed by atoms with E-state index in [1.54, 1.807) is 4.40 Å². The summed E-state index contributed by atoms with van der Waals surface area (Å²) in [6.45, 7) is 10.8. The Balaban J connectivity index is 1.72. The first-order valence-electron chi connectivity index (χ1n) is 11.7. The van der Waals surface area contributed by atoms with Crippen LogP contribution in [0.2, 0.25) is 0 Å². The first-order chi connectivity index (χ1) is 16.3. The number of hydrogen-bond acceptors (Lipinski definition) is 5. The van der Waals surface area contributed by atoms with Crippen LogP contribution in [-0.4, -0.2) is 31.6 Å². The predicted molar refractivity (Wildman–Crippen MR) is 137 cm³/mol. The fourth-order valence-electron chi connectivity index (χ4n) is 4.16. The molecular formula is C26H31N5O2S. The topological polar surface area (TPSA) is 81.3 Å². The molecule has 0 radical (unpaired) electrons. The first kappa shape index (κ1) is 23.9. The zero-order chi connectivity index (χ0) is 24.4. The molecule has 1 aromatic carbocycles. The van der Waals surface area contributed by atoms with E-state index in [4.69, 9.17) is 5.10 Å². The number of aryl methyl sites for hydroxylation is 3. The summed E-state index contributed by atoms with van der Waals surface area (Å²) in [5.74, 6) is -0.0835. The van der Waals surface area contributed by atoms with Crippen molar-refractivity contribution in [3.63, 3.8) is 0 Å². The highest BCUT2D eigenvalue weighted by atomic mass is 32.1. The molecule has 0 aliphatic rings. The lowest BCUT2D eigenvalue weighted by Gasteiger charge is -2.10. The number of nitrogens with one attached hydrogen (secondary N) is 1. The van der Waals surface area contributed by atoms with Crippen LogP contribution in [0.25, 0.3) is 21.9 Å². The highest BCUT2D eigenvalue weighted by Gasteiger charge is 2.20. The summed E-state index contributed by atoms with van der Waals surface area (Å²) in [7, 11) is 0. The SMILES string of the molecule is CCCCCNC(=O)Cc1csc2nc(C)c(-c3cc(C)n(-c4cccc(C)c4C)n3)c(=O)n12. The Hall–Kier alpha value is -3.26. The van der Waals surface area contributed by atoms with Crippen molar-refractivity contribution >= 4 is 22.2 Å². The van der Waals surface area contributed by atoms with Gasteiger partial charge in [0.05, 0.1) is 23.4 Å². The third-order valence-electron chi connectivity index (χ3n) is 6.21. The Labute approximate surface area is 203 Å². The van der Waals surface area contributed by atoms with E-state index in [0.717, 1.165) is 36.2 Å². The zero-order valence-electron chi connectivity index (χ0n) is 20.4. The standard InChI is InChI=1S/C26H31N5O2S/c1-6-7-8-12-27-23(32)14-20-15-34-26-28-19(5)24(25(33)30(20)26)21-13-17(3)31(29-21)22-11-9-10-16(2)18(22)4/h9-11,13,15H,6-8,12,14H2,1-5H3,(H,27,32). The van der Waals surface area contributed by atoms with Gasteiger partial charge in [-0.05, 0) is 57.4 Å². The maximum Gasteiger partial charge on any atom is 0.268 e. The number of carbonyl (C=O) groups excluding carboxylic acids is 1. The Bertz CT molecular complexity index is 1410. The second kappa shape index (κ2) is 9.93. The third kappa shape index (κ3) is 4.55. The molecule has 34 heavy (non-hydrogen) atoms. The van der Waals surface area contributed by atoms with E-state index in [0.29, 0.717) is 34.2 Å². The van der Waals surface area contributed by atoms with Crippen molar-refractivity contribution in [3.8, 4) is 16.9 Å². The summed E-state index contributed by atoms with van der Waals surface area (Å²) >= 11 is 1.38. The molecule has 0 bridgehead atoms. The fourth-order valence-corrected chi connectivity index (χ4v) is 5.08. The van der Waals surface area contributed by atoms with Gasteiger partial charge in [-0.25, -0.2) is 9.67 Å². The van der Waals surface area contributed by atoms with Crippen LogP contribution in [0.4, 0.5) is 0 Å². The minimum absolute atomic E-state index is 0.0835. The lowest BCUT2D eigenvalue weighted by molar-refractivity contribution is -0.120. The second-order valence-electron chi connectivity index (χ2n) is 8.76. The quantitative estimate of drug-likeness (QED) is 0.373. The van der Waals surface area contributed by atoms with Crippen LogP contribution in [0.3, 0.4) is 0 Å². The summed E-state index contributed by atoms with van der Waals surface area (Å²) in [5, 5.41) is 9.60. The van der Waals surface area contributed by atoms with Gasteiger partial charge in [0.2, 0.25) is 5.91 Å². The smallest absolute Gasteiger partial charge is 0.268 e. The number of hydrogen-bond donors (Lipinski definition) is 1. The molecule has 0 saturated heterocycles. The number of benzene rings is 1. The van der Waals surface area contributed by atoms with Crippen molar-refractivity contribution in [2.45, 2.75) is 60.3 Å². The van der Waals surface area contributed by atoms with Crippen LogP contribution in [0.15, 0.2) is 34.4 Å². The Morgan fingerprint density at radius 1 is 1.15 bits per heavy atom. The maximum absolute atomic E-state index is 13.6. The number of thiazole rings is 1. The van der Waals surface area contributed by atoms with Gasteiger partial charge < -0.3 is 5.32 Å². The molecule has 0 aliphatic heterocycles. The lowest BCUT2D eigenvalue weighted by atomic mass is 10.1. The van der Waals surface area contributed by atoms with Gasteiger partial charge in [-0.15, -0.1) is 11.3 Å². The number of fused-ring (bicyclic) bond motifs is 1. The Kier molecular flexibility index (Phi) is 6.97. The zero-order valence-corrected chi connectivity index (χ0v) is 21.3. The van der Waals surface area contributed by atoms with E-state index in [-0.39, 0.29) is 17.9 Å². The van der Waals surface area contributed by atoms with Gasteiger partial charge in [0.25, 0.3) is 5.56 Å². The summed E-state index contributed by atoms with van der Waals surface area (Å²) in [6.07, 6.45) is 3.29. The number of rotatable bonds is 8. The summed E-state index contributed by atoms with van der Waals surface area (Å²) < 4.78 is 3.44. The molecule has 0 spiro atoms. The Morgan fingerprint density at radius 2 is 1.94 bits per heavy atom. The molecule has 1 N–H and O–H groups in total. The van der Waals surface area contributed by atoms with Crippen LogP contribution in [0, 0.1) is 27.7 Å². The van der Waals surface area contributed by atoms with Crippen molar-refractivity contribution in [3.05, 3.63) is 68.2 Å². The molecule has 0 unspecified atom stereocenters. The molecule has 0 saturated carbocycles. The minimum Gasteiger partial charge on any atom is -0.356 e. The molecule has 7 nitrogen and oxygen atoms in total. The van der Waals surface area contributed by atoms with Crippen LogP contribution >= 0.6 is 11.3 Å². The number of amides is 1. The van der Waals surface area contributed by atoms with Crippen molar-refractivity contribution < 1.29 is 4.79 Å². The molecule has 8 heteroatoms. The van der Waals surface area contributed by atoms with Crippen molar-refractivity contribution in [1.82, 2.24) is 24.5 Å². The van der Waals surface area contributed by atoms with Gasteiger partial charge in [0.1, 0.15) is 5.69 Å². The average Bonchev–Trinajstić information content (AvgIpc) is 3.36. The average molecular weight is 478 g/mol. The summed E-state index contributed by atoms with van der Waals surface area (Å²) in [6, 6.07) is 8.04. The third-order valence-corrected chi connectivity index (χ3v) is 7.09. The molecule has 178 valence electrons. The van der Waals surface area contributed by atoms with Crippen molar-refractivity contribution in [2.75, 3.05) is 6.54 Å². The van der Waals surface area contributed by atoms with Gasteiger partial charge >= 0.3 is 0 Å². The van der Waals surface area contributed by atoms with Gasteiger partial charge in [0.15, 0.2) is 4.96 Å². The van der Waals surface area contributed by atoms with Gasteiger partial charge in [-0.3, -0.25) is 14.0 Å². The van der Waals surface area contributed by atoms with Crippen molar-refractivity contribution in [2.24, 2.45) is 0 Å². The van der Waals surface area contributed by atoms with E-state index in [1.165, 1.54) is 16.9 Å². The first-order valence-corrected chi connectivity index (χ1v) is 12.6. The number of nitrogens with zero attached hydrogens (tertiary/aromatic N) is 4. The van der Waals surface area contributed by atoms with Crippen LogP contribution in [-0.2, 0) is 11.2 Å². The molecule has 4 rings (SSSR count). The maximum atomic E-state index is 13.6. The minimum atomic E-state index is -0.192. The van der Waals surface area contributed by atoms with Crippen LogP contribution in [0.1, 0.15) is 54.4 Å². The normalized spacial score (nSPS) is 11.3. The highest BCUT2D eigenvalue weighted by molar-refractivity contribution is 7.15. The van der Waals surface area contributed by atoms with E-state index in [9.17, 15) is 9.59 Å². The van der Waals surface area contributed by atoms with Crippen LogP contribution in [0.5, 0.6) is 0 Å². The molecular weight excluding hydrogens is 446 g/mol. The molecule has 0 fully saturated rings. The number of aromatic nitrogens is 4. The van der Waals surface area contributed by atoms with E-state index in [2.05, 4.69) is 37.1 Å². The van der Waals surface area contributed by atoms with Gasteiger partial charge in [-0.1, -0.05) is 31.9 Å². The van der Waals surface area contributed by atoms with E-state index >= 15 is 0 Å². The highest BCUT2D eigenvalue weighted by Crippen LogP contribution is 2.25.